The van der Waals surface area contributed by atoms with E-state index in [9.17, 15) is 4.79 Å². The fourth-order valence-electron chi connectivity index (χ4n) is 2.43. The van der Waals surface area contributed by atoms with Gasteiger partial charge >= 0.3 is 0 Å². The lowest BCUT2D eigenvalue weighted by molar-refractivity contribution is -0.131. The molecule has 1 aliphatic rings. The second-order valence-corrected chi connectivity index (χ2v) is 5.33. The molecular formula is C15H22N2O3. The van der Waals surface area contributed by atoms with Gasteiger partial charge < -0.3 is 15.2 Å². The lowest BCUT2D eigenvalue weighted by atomic mass is 9.75. The molecule has 0 aromatic heterocycles. The quantitative estimate of drug-likeness (QED) is 0.827. The average Bonchev–Trinajstić information content (AvgIpc) is 2.36. The number of amides is 1. The highest BCUT2D eigenvalue weighted by Crippen LogP contribution is 2.37. The Morgan fingerprint density at radius 3 is 2.45 bits per heavy atom. The van der Waals surface area contributed by atoms with E-state index in [0.717, 1.165) is 24.9 Å². The molecule has 2 rings (SSSR count). The van der Waals surface area contributed by atoms with Crippen LogP contribution in [0.1, 0.15) is 19.3 Å². The minimum absolute atomic E-state index is 0.0101. The number of carbonyl (C=O) groups excluding carboxylic acids is 1. The molecule has 5 nitrogen and oxygen atoms in total. The number of hydrogen-bond acceptors (Lipinski definition) is 4. The largest absolute Gasteiger partial charge is 0.491 e. The number of hydrogen-bond donors (Lipinski definition) is 2. The molecule has 0 unspecified atom stereocenters. The Kier molecular flexibility index (Phi) is 4.62. The summed E-state index contributed by atoms with van der Waals surface area (Å²) in [6.45, 7) is 0.263. The van der Waals surface area contributed by atoms with E-state index >= 15 is 0 Å². The van der Waals surface area contributed by atoms with Gasteiger partial charge in [-0.25, -0.2) is 0 Å². The molecule has 0 heterocycles. The summed E-state index contributed by atoms with van der Waals surface area (Å²) in [7, 11) is 3.90. The van der Waals surface area contributed by atoms with Gasteiger partial charge in [-0.2, -0.15) is 0 Å². The summed E-state index contributed by atoms with van der Waals surface area (Å²) < 4.78 is 5.28. The van der Waals surface area contributed by atoms with Crippen molar-refractivity contribution in [3.8, 4) is 5.75 Å². The SMILES string of the molecule is CN(C)C1(C(=O)Nc2ccc(OCCO)cc2)CCC1. The highest BCUT2D eigenvalue weighted by Gasteiger charge is 2.46. The molecule has 110 valence electrons. The summed E-state index contributed by atoms with van der Waals surface area (Å²) in [4.78, 5) is 14.4. The maximum absolute atomic E-state index is 12.4. The highest BCUT2D eigenvalue weighted by atomic mass is 16.5. The Balaban J connectivity index is 1.97. The number of nitrogens with one attached hydrogen (secondary N) is 1. The minimum Gasteiger partial charge on any atom is -0.491 e. The molecule has 1 aromatic rings. The first-order valence-electron chi connectivity index (χ1n) is 6.91. The van der Waals surface area contributed by atoms with Crippen LogP contribution in [0.25, 0.3) is 0 Å². The molecule has 0 bridgehead atoms. The normalized spacial score (nSPS) is 16.6. The van der Waals surface area contributed by atoms with Gasteiger partial charge in [0.25, 0.3) is 0 Å². The van der Waals surface area contributed by atoms with Crippen LogP contribution in [-0.2, 0) is 4.79 Å². The number of ether oxygens (including phenoxy) is 1. The Morgan fingerprint density at radius 1 is 1.35 bits per heavy atom. The van der Waals surface area contributed by atoms with Crippen molar-refractivity contribution < 1.29 is 14.6 Å². The maximum atomic E-state index is 12.4. The fourth-order valence-corrected chi connectivity index (χ4v) is 2.43. The molecule has 0 spiro atoms. The van der Waals surface area contributed by atoms with Crippen LogP contribution in [0.4, 0.5) is 5.69 Å². The van der Waals surface area contributed by atoms with E-state index in [1.165, 1.54) is 0 Å². The Morgan fingerprint density at radius 2 is 2.00 bits per heavy atom. The summed E-state index contributed by atoms with van der Waals surface area (Å²) in [5.74, 6) is 0.737. The summed E-state index contributed by atoms with van der Waals surface area (Å²) in [5, 5.41) is 11.7. The van der Waals surface area contributed by atoms with Gasteiger partial charge in [0.15, 0.2) is 0 Å². The second kappa shape index (κ2) is 6.24. The molecular weight excluding hydrogens is 256 g/mol. The number of likely N-dealkylation sites (N-methyl/N-ethyl adjacent to an activating group) is 1. The summed E-state index contributed by atoms with van der Waals surface area (Å²) >= 11 is 0. The second-order valence-electron chi connectivity index (χ2n) is 5.33. The van der Waals surface area contributed by atoms with Gasteiger partial charge in [0.05, 0.1) is 6.61 Å². The molecule has 1 aromatic carbocycles. The number of aliphatic hydroxyl groups is 1. The van der Waals surface area contributed by atoms with Crippen LogP contribution in [0, 0.1) is 0 Å². The van der Waals surface area contributed by atoms with Gasteiger partial charge in [-0.3, -0.25) is 9.69 Å². The lowest BCUT2D eigenvalue weighted by Crippen LogP contribution is -2.58. The van der Waals surface area contributed by atoms with Crippen molar-refractivity contribution in [2.45, 2.75) is 24.8 Å². The Bertz CT molecular complexity index is 453. The van der Waals surface area contributed by atoms with E-state index in [0.29, 0.717) is 5.75 Å². The fraction of sp³-hybridized carbons (Fsp3) is 0.533. The van der Waals surface area contributed by atoms with Crippen LogP contribution in [0.3, 0.4) is 0 Å². The van der Waals surface area contributed by atoms with E-state index < -0.39 is 0 Å². The van der Waals surface area contributed by atoms with Crippen LogP contribution in [0.5, 0.6) is 5.75 Å². The maximum Gasteiger partial charge on any atom is 0.244 e. The van der Waals surface area contributed by atoms with Gasteiger partial charge in [0.1, 0.15) is 17.9 Å². The van der Waals surface area contributed by atoms with Crippen molar-refractivity contribution in [2.75, 3.05) is 32.6 Å². The average molecular weight is 278 g/mol. The van der Waals surface area contributed by atoms with Gasteiger partial charge in [-0.15, -0.1) is 0 Å². The van der Waals surface area contributed by atoms with Crippen molar-refractivity contribution in [3.05, 3.63) is 24.3 Å². The lowest BCUT2D eigenvalue weighted by Gasteiger charge is -2.45. The first-order chi connectivity index (χ1) is 9.58. The van der Waals surface area contributed by atoms with Gasteiger partial charge in [-0.1, -0.05) is 0 Å². The van der Waals surface area contributed by atoms with E-state index in [-0.39, 0.29) is 24.7 Å². The van der Waals surface area contributed by atoms with Crippen LogP contribution in [0.15, 0.2) is 24.3 Å². The van der Waals surface area contributed by atoms with Crippen molar-refractivity contribution >= 4 is 11.6 Å². The predicted molar refractivity (Wildman–Crippen MR) is 77.9 cm³/mol. The van der Waals surface area contributed by atoms with Crippen LogP contribution in [0.2, 0.25) is 0 Å². The van der Waals surface area contributed by atoms with Crippen molar-refractivity contribution in [1.82, 2.24) is 4.90 Å². The minimum atomic E-state index is -0.355. The number of anilines is 1. The standard InChI is InChI=1S/C15H22N2O3/c1-17(2)15(8-3-9-15)14(19)16-12-4-6-13(7-5-12)20-11-10-18/h4-7,18H,3,8-11H2,1-2H3,(H,16,19). The van der Waals surface area contributed by atoms with E-state index in [2.05, 4.69) is 5.32 Å². The third-order valence-corrected chi connectivity index (χ3v) is 3.93. The first kappa shape index (κ1) is 14.8. The molecule has 1 amide bonds. The van der Waals surface area contributed by atoms with Gasteiger partial charge in [0.2, 0.25) is 5.91 Å². The van der Waals surface area contributed by atoms with Gasteiger partial charge in [-0.05, 0) is 57.6 Å². The zero-order valence-corrected chi connectivity index (χ0v) is 12.1. The highest BCUT2D eigenvalue weighted by molar-refractivity contribution is 5.98. The summed E-state index contributed by atoms with van der Waals surface area (Å²) in [6.07, 6.45) is 2.91. The van der Waals surface area contributed by atoms with Crippen molar-refractivity contribution in [3.63, 3.8) is 0 Å². The van der Waals surface area contributed by atoms with Crippen LogP contribution in [-0.4, -0.2) is 48.8 Å². The summed E-state index contributed by atoms with van der Waals surface area (Å²) in [5.41, 5.74) is 0.408. The number of nitrogens with zero attached hydrogens (tertiary/aromatic N) is 1. The molecule has 0 aliphatic heterocycles. The van der Waals surface area contributed by atoms with E-state index in [1.807, 2.05) is 31.1 Å². The monoisotopic (exact) mass is 278 g/mol. The Hall–Kier alpha value is -1.59. The molecule has 2 N–H and O–H groups in total. The first-order valence-corrected chi connectivity index (χ1v) is 6.91. The zero-order chi connectivity index (χ0) is 14.6. The van der Waals surface area contributed by atoms with Crippen molar-refractivity contribution in [1.29, 1.82) is 0 Å². The third kappa shape index (κ3) is 2.94. The summed E-state index contributed by atoms with van der Waals surface area (Å²) in [6, 6.07) is 7.20. The Labute approximate surface area is 119 Å². The van der Waals surface area contributed by atoms with E-state index in [1.54, 1.807) is 12.1 Å². The predicted octanol–water partition coefficient (Wildman–Crippen LogP) is 1.48. The molecule has 1 fully saturated rings. The molecule has 1 aliphatic carbocycles. The molecule has 0 saturated heterocycles. The van der Waals surface area contributed by atoms with E-state index in [4.69, 9.17) is 9.84 Å². The number of carbonyl (C=O) groups is 1. The number of aliphatic hydroxyl groups excluding tert-OH is 1. The third-order valence-electron chi connectivity index (χ3n) is 3.93. The van der Waals surface area contributed by atoms with Crippen molar-refractivity contribution in [2.24, 2.45) is 0 Å². The smallest absolute Gasteiger partial charge is 0.244 e. The van der Waals surface area contributed by atoms with Crippen LogP contribution >= 0.6 is 0 Å². The molecule has 0 atom stereocenters. The number of benzene rings is 1. The number of rotatable bonds is 6. The van der Waals surface area contributed by atoms with Gasteiger partial charge in [0, 0.05) is 5.69 Å². The van der Waals surface area contributed by atoms with Crippen LogP contribution < -0.4 is 10.1 Å². The molecule has 1 saturated carbocycles. The molecule has 20 heavy (non-hydrogen) atoms. The molecule has 0 radical (unpaired) electrons. The topological polar surface area (TPSA) is 61.8 Å². The molecule has 5 heteroatoms. The zero-order valence-electron chi connectivity index (χ0n) is 12.1.